The van der Waals surface area contributed by atoms with E-state index in [0.29, 0.717) is 10.9 Å². The zero-order valence-corrected chi connectivity index (χ0v) is 13.7. The SMILES string of the molecule is CC(C)CN(CCC(N)=S)Cc1cccc2ccccc12. The minimum absolute atomic E-state index is 0.599. The third-order valence-corrected chi connectivity index (χ3v) is 3.78. The Balaban J connectivity index is 2.19. The molecule has 0 bridgehead atoms. The van der Waals surface area contributed by atoms with Crippen LogP contribution in [0.3, 0.4) is 0 Å². The molecule has 0 spiro atoms. The van der Waals surface area contributed by atoms with Gasteiger partial charge in [0, 0.05) is 26.1 Å². The summed E-state index contributed by atoms with van der Waals surface area (Å²) in [4.78, 5) is 3.05. The smallest absolute Gasteiger partial charge is 0.0740 e. The minimum Gasteiger partial charge on any atom is -0.393 e. The monoisotopic (exact) mass is 300 g/mol. The maximum absolute atomic E-state index is 5.66. The molecule has 112 valence electrons. The van der Waals surface area contributed by atoms with Crippen LogP contribution in [0.4, 0.5) is 0 Å². The lowest BCUT2D eigenvalue weighted by Crippen LogP contribution is -2.30. The molecule has 0 heterocycles. The first-order valence-corrected chi connectivity index (χ1v) is 7.94. The van der Waals surface area contributed by atoms with Gasteiger partial charge in [0.1, 0.15) is 0 Å². The number of thiocarbonyl (C=S) groups is 1. The molecule has 2 N–H and O–H groups in total. The molecule has 2 rings (SSSR count). The molecule has 2 aromatic carbocycles. The number of rotatable bonds is 7. The summed E-state index contributed by atoms with van der Waals surface area (Å²) in [5.41, 5.74) is 7.03. The summed E-state index contributed by atoms with van der Waals surface area (Å²) in [6.07, 6.45) is 0.785. The second-order valence-electron chi connectivity index (χ2n) is 5.98. The first-order chi connectivity index (χ1) is 10.1. The van der Waals surface area contributed by atoms with Crippen molar-refractivity contribution < 1.29 is 0 Å². The van der Waals surface area contributed by atoms with E-state index in [9.17, 15) is 0 Å². The molecule has 0 amide bonds. The summed E-state index contributed by atoms with van der Waals surface area (Å²) in [5.74, 6) is 0.631. The Morgan fingerprint density at radius 3 is 2.57 bits per heavy atom. The predicted molar refractivity (Wildman–Crippen MR) is 95.5 cm³/mol. The third-order valence-electron chi connectivity index (χ3n) is 3.57. The lowest BCUT2D eigenvalue weighted by atomic mass is 10.0. The Labute approximate surface area is 132 Å². The fraction of sp³-hybridized carbons (Fsp3) is 0.389. The molecule has 2 nitrogen and oxygen atoms in total. The van der Waals surface area contributed by atoms with Crippen molar-refractivity contribution in [2.75, 3.05) is 13.1 Å². The van der Waals surface area contributed by atoms with Crippen LogP contribution in [0.1, 0.15) is 25.8 Å². The summed E-state index contributed by atoms with van der Waals surface area (Å²) in [7, 11) is 0. The highest BCUT2D eigenvalue weighted by Crippen LogP contribution is 2.20. The molecule has 0 aliphatic heterocycles. The Morgan fingerprint density at radius 1 is 1.14 bits per heavy atom. The van der Waals surface area contributed by atoms with Crippen LogP contribution in [0.15, 0.2) is 42.5 Å². The van der Waals surface area contributed by atoms with Crippen LogP contribution in [0.5, 0.6) is 0 Å². The van der Waals surface area contributed by atoms with Crippen LogP contribution < -0.4 is 5.73 Å². The average molecular weight is 300 g/mol. The van der Waals surface area contributed by atoms with Crippen LogP contribution in [0, 0.1) is 5.92 Å². The van der Waals surface area contributed by atoms with Gasteiger partial charge in [0.2, 0.25) is 0 Å². The van der Waals surface area contributed by atoms with Crippen molar-refractivity contribution >= 4 is 28.0 Å². The van der Waals surface area contributed by atoms with Crippen LogP contribution in [0.2, 0.25) is 0 Å². The van der Waals surface area contributed by atoms with Crippen molar-refractivity contribution in [1.29, 1.82) is 0 Å². The normalized spacial score (nSPS) is 11.4. The molecular formula is C18H24N2S. The minimum atomic E-state index is 0.599. The third kappa shape index (κ3) is 4.80. The van der Waals surface area contributed by atoms with E-state index in [1.54, 1.807) is 0 Å². The molecule has 0 saturated heterocycles. The van der Waals surface area contributed by atoms with Gasteiger partial charge in [-0.1, -0.05) is 68.5 Å². The molecule has 0 radical (unpaired) electrons. The van der Waals surface area contributed by atoms with E-state index >= 15 is 0 Å². The number of hydrogen-bond acceptors (Lipinski definition) is 2. The van der Waals surface area contributed by atoms with E-state index in [-0.39, 0.29) is 0 Å². The highest BCUT2D eigenvalue weighted by atomic mass is 32.1. The molecule has 3 heteroatoms. The van der Waals surface area contributed by atoms with Crippen molar-refractivity contribution in [2.24, 2.45) is 11.7 Å². The molecular weight excluding hydrogens is 276 g/mol. The van der Waals surface area contributed by atoms with Gasteiger partial charge in [0.15, 0.2) is 0 Å². The Hall–Kier alpha value is -1.45. The Bertz CT molecular complexity index is 602. The standard InChI is InChI=1S/C18H24N2S/c1-14(2)12-20(11-10-18(19)21)13-16-8-5-7-15-6-3-4-9-17(15)16/h3-9,14H,10-13H2,1-2H3,(H2,19,21). The van der Waals surface area contributed by atoms with Gasteiger partial charge in [-0.2, -0.15) is 0 Å². The maximum atomic E-state index is 5.66. The van der Waals surface area contributed by atoms with Crippen LogP contribution in [-0.4, -0.2) is 23.0 Å². The summed E-state index contributed by atoms with van der Waals surface area (Å²) in [6.45, 7) is 7.43. The van der Waals surface area contributed by atoms with Gasteiger partial charge in [0.25, 0.3) is 0 Å². The van der Waals surface area contributed by atoms with Gasteiger partial charge in [-0.15, -0.1) is 0 Å². The summed E-state index contributed by atoms with van der Waals surface area (Å²) < 4.78 is 0. The molecule has 0 fully saturated rings. The molecule has 0 saturated carbocycles. The van der Waals surface area contributed by atoms with Crippen molar-refractivity contribution in [3.8, 4) is 0 Å². The maximum Gasteiger partial charge on any atom is 0.0740 e. The number of fused-ring (bicyclic) bond motifs is 1. The van der Waals surface area contributed by atoms with Crippen molar-refractivity contribution in [1.82, 2.24) is 4.90 Å². The fourth-order valence-corrected chi connectivity index (χ4v) is 2.78. The zero-order valence-electron chi connectivity index (χ0n) is 12.9. The Kier molecular flexibility index (Phi) is 5.71. The summed E-state index contributed by atoms with van der Waals surface area (Å²) in [6, 6.07) is 15.1. The Morgan fingerprint density at radius 2 is 1.86 bits per heavy atom. The number of hydrogen-bond donors (Lipinski definition) is 1. The van der Waals surface area contributed by atoms with Gasteiger partial charge in [-0.05, 0) is 22.3 Å². The van der Waals surface area contributed by atoms with Crippen LogP contribution in [0.25, 0.3) is 10.8 Å². The first-order valence-electron chi connectivity index (χ1n) is 7.53. The van der Waals surface area contributed by atoms with Gasteiger partial charge in [-0.25, -0.2) is 0 Å². The van der Waals surface area contributed by atoms with E-state index in [1.807, 2.05) is 0 Å². The molecule has 0 atom stereocenters. The molecule has 2 aromatic rings. The number of nitrogens with two attached hydrogens (primary N) is 1. The lowest BCUT2D eigenvalue weighted by Gasteiger charge is -2.24. The van der Waals surface area contributed by atoms with E-state index in [2.05, 4.69) is 61.2 Å². The molecule has 21 heavy (non-hydrogen) atoms. The number of benzene rings is 2. The zero-order chi connectivity index (χ0) is 15.2. The molecule has 0 aromatic heterocycles. The van der Waals surface area contributed by atoms with E-state index in [0.717, 1.165) is 26.1 Å². The van der Waals surface area contributed by atoms with E-state index in [1.165, 1.54) is 16.3 Å². The molecule has 0 aliphatic carbocycles. The quantitative estimate of drug-likeness (QED) is 0.784. The second-order valence-corrected chi connectivity index (χ2v) is 6.51. The van der Waals surface area contributed by atoms with Gasteiger partial charge >= 0.3 is 0 Å². The van der Waals surface area contributed by atoms with Crippen LogP contribution in [-0.2, 0) is 6.54 Å². The second kappa shape index (κ2) is 7.53. The highest BCUT2D eigenvalue weighted by Gasteiger charge is 2.10. The predicted octanol–water partition coefficient (Wildman–Crippen LogP) is 3.97. The lowest BCUT2D eigenvalue weighted by molar-refractivity contribution is 0.243. The summed E-state index contributed by atoms with van der Waals surface area (Å²) in [5, 5.41) is 2.64. The van der Waals surface area contributed by atoms with Gasteiger partial charge < -0.3 is 5.73 Å². The molecule has 0 aliphatic rings. The van der Waals surface area contributed by atoms with Gasteiger partial charge in [-0.3, -0.25) is 4.90 Å². The highest BCUT2D eigenvalue weighted by molar-refractivity contribution is 7.80. The van der Waals surface area contributed by atoms with E-state index < -0.39 is 0 Å². The molecule has 0 unspecified atom stereocenters. The topological polar surface area (TPSA) is 29.3 Å². The van der Waals surface area contributed by atoms with Crippen molar-refractivity contribution in [3.63, 3.8) is 0 Å². The largest absolute Gasteiger partial charge is 0.393 e. The fourth-order valence-electron chi connectivity index (χ4n) is 2.69. The van der Waals surface area contributed by atoms with Crippen LogP contribution >= 0.6 is 12.2 Å². The van der Waals surface area contributed by atoms with Crippen molar-refractivity contribution in [3.05, 3.63) is 48.0 Å². The van der Waals surface area contributed by atoms with Crippen molar-refractivity contribution in [2.45, 2.75) is 26.8 Å². The number of nitrogens with zero attached hydrogens (tertiary/aromatic N) is 1. The first kappa shape index (κ1) is 15.9. The van der Waals surface area contributed by atoms with Gasteiger partial charge in [0.05, 0.1) is 4.99 Å². The average Bonchev–Trinajstić information content (AvgIpc) is 2.44. The summed E-state index contributed by atoms with van der Waals surface area (Å²) >= 11 is 5.02. The van der Waals surface area contributed by atoms with E-state index in [4.69, 9.17) is 18.0 Å².